The largest absolute Gasteiger partial charge is 0.352 e. The standard InChI is InChI=1S/C17H31N3O/c1-13(17(21)19-15-5-2-3-6-15)20(11-14-8-9-14)12-16-7-4-10-18-16/h13-16,18H,2-12H2,1H3,(H,19,21). The van der Waals surface area contributed by atoms with Crippen molar-refractivity contribution in [2.75, 3.05) is 19.6 Å². The van der Waals surface area contributed by atoms with E-state index in [2.05, 4.69) is 22.5 Å². The molecule has 2 aliphatic carbocycles. The van der Waals surface area contributed by atoms with E-state index in [4.69, 9.17) is 0 Å². The van der Waals surface area contributed by atoms with Crippen molar-refractivity contribution in [3.05, 3.63) is 0 Å². The highest BCUT2D eigenvalue weighted by Gasteiger charge is 2.32. The maximum absolute atomic E-state index is 12.5. The topological polar surface area (TPSA) is 44.4 Å². The Bertz CT molecular complexity index is 344. The van der Waals surface area contributed by atoms with Gasteiger partial charge in [0.05, 0.1) is 6.04 Å². The normalized spacial score (nSPS) is 28.2. The highest BCUT2D eigenvalue weighted by atomic mass is 16.2. The number of nitrogens with one attached hydrogen (secondary N) is 2. The Balaban J connectivity index is 1.52. The summed E-state index contributed by atoms with van der Waals surface area (Å²) in [7, 11) is 0. The fourth-order valence-electron chi connectivity index (χ4n) is 3.78. The third-order valence-corrected chi connectivity index (χ3v) is 5.44. The Morgan fingerprint density at radius 2 is 1.90 bits per heavy atom. The molecule has 1 aliphatic heterocycles. The molecular weight excluding hydrogens is 262 g/mol. The molecule has 0 spiro atoms. The zero-order chi connectivity index (χ0) is 14.7. The molecule has 3 fully saturated rings. The first-order chi connectivity index (χ1) is 10.2. The smallest absolute Gasteiger partial charge is 0.237 e. The Kier molecular flexibility index (Phi) is 5.17. The predicted molar refractivity (Wildman–Crippen MR) is 85.2 cm³/mol. The summed E-state index contributed by atoms with van der Waals surface area (Å²) in [6.45, 7) is 5.39. The summed E-state index contributed by atoms with van der Waals surface area (Å²) in [5.41, 5.74) is 0. The van der Waals surface area contributed by atoms with Crippen LogP contribution in [0.2, 0.25) is 0 Å². The van der Waals surface area contributed by atoms with Crippen LogP contribution in [-0.4, -0.2) is 48.6 Å². The van der Waals surface area contributed by atoms with Gasteiger partial charge in [-0.05, 0) is 57.9 Å². The summed E-state index contributed by atoms with van der Waals surface area (Å²) >= 11 is 0. The van der Waals surface area contributed by atoms with Crippen LogP contribution in [0.15, 0.2) is 0 Å². The molecule has 2 N–H and O–H groups in total. The van der Waals surface area contributed by atoms with Gasteiger partial charge >= 0.3 is 0 Å². The fourth-order valence-corrected chi connectivity index (χ4v) is 3.78. The third-order valence-electron chi connectivity index (χ3n) is 5.44. The molecule has 4 nitrogen and oxygen atoms in total. The minimum atomic E-state index is 0.0219. The lowest BCUT2D eigenvalue weighted by molar-refractivity contribution is -0.126. The quantitative estimate of drug-likeness (QED) is 0.753. The first-order valence-corrected chi connectivity index (χ1v) is 9.00. The number of hydrogen-bond donors (Lipinski definition) is 2. The van der Waals surface area contributed by atoms with Crippen molar-refractivity contribution in [1.29, 1.82) is 0 Å². The molecule has 2 unspecified atom stereocenters. The second-order valence-electron chi connectivity index (χ2n) is 7.36. The summed E-state index contributed by atoms with van der Waals surface area (Å²) in [6.07, 6.45) is 10.1. The van der Waals surface area contributed by atoms with Gasteiger partial charge in [0.2, 0.25) is 5.91 Å². The molecule has 120 valence electrons. The van der Waals surface area contributed by atoms with E-state index < -0.39 is 0 Å². The Morgan fingerprint density at radius 1 is 1.14 bits per heavy atom. The van der Waals surface area contributed by atoms with Crippen LogP contribution in [0.4, 0.5) is 0 Å². The molecule has 2 saturated carbocycles. The van der Waals surface area contributed by atoms with Crippen molar-refractivity contribution in [3.8, 4) is 0 Å². The average Bonchev–Trinajstić information content (AvgIpc) is 2.93. The average molecular weight is 293 g/mol. The van der Waals surface area contributed by atoms with Crippen molar-refractivity contribution in [1.82, 2.24) is 15.5 Å². The summed E-state index contributed by atoms with van der Waals surface area (Å²) in [6, 6.07) is 1.05. The molecule has 0 aromatic rings. The van der Waals surface area contributed by atoms with E-state index in [0.717, 1.165) is 25.6 Å². The first-order valence-electron chi connectivity index (χ1n) is 9.00. The molecule has 1 heterocycles. The first kappa shape index (κ1) is 15.3. The maximum Gasteiger partial charge on any atom is 0.237 e. The van der Waals surface area contributed by atoms with Crippen LogP contribution in [0.5, 0.6) is 0 Å². The Hall–Kier alpha value is -0.610. The van der Waals surface area contributed by atoms with Crippen LogP contribution < -0.4 is 10.6 Å². The van der Waals surface area contributed by atoms with Gasteiger partial charge in [0.1, 0.15) is 0 Å². The van der Waals surface area contributed by atoms with Crippen LogP contribution in [-0.2, 0) is 4.79 Å². The maximum atomic E-state index is 12.5. The second-order valence-corrected chi connectivity index (χ2v) is 7.36. The summed E-state index contributed by atoms with van der Waals surface area (Å²) in [5.74, 6) is 1.09. The van der Waals surface area contributed by atoms with E-state index in [1.807, 2.05) is 0 Å². The van der Waals surface area contributed by atoms with Crippen LogP contribution in [0.25, 0.3) is 0 Å². The number of nitrogens with zero attached hydrogens (tertiary/aromatic N) is 1. The minimum Gasteiger partial charge on any atom is -0.352 e. The highest BCUT2D eigenvalue weighted by Crippen LogP contribution is 2.30. The van der Waals surface area contributed by atoms with Gasteiger partial charge in [-0.25, -0.2) is 0 Å². The number of carbonyl (C=O) groups excluding carboxylic acids is 1. The van der Waals surface area contributed by atoms with E-state index in [-0.39, 0.29) is 11.9 Å². The van der Waals surface area contributed by atoms with E-state index in [9.17, 15) is 4.79 Å². The van der Waals surface area contributed by atoms with E-state index >= 15 is 0 Å². The molecule has 1 saturated heterocycles. The van der Waals surface area contributed by atoms with E-state index in [0.29, 0.717) is 12.1 Å². The highest BCUT2D eigenvalue weighted by molar-refractivity contribution is 5.81. The van der Waals surface area contributed by atoms with Crippen molar-refractivity contribution < 1.29 is 4.79 Å². The van der Waals surface area contributed by atoms with Crippen LogP contribution >= 0.6 is 0 Å². The second kappa shape index (κ2) is 7.10. The van der Waals surface area contributed by atoms with Gasteiger partial charge in [0.25, 0.3) is 0 Å². The molecule has 0 aromatic heterocycles. The molecule has 0 bridgehead atoms. The Morgan fingerprint density at radius 3 is 2.52 bits per heavy atom. The van der Waals surface area contributed by atoms with Gasteiger partial charge in [-0.2, -0.15) is 0 Å². The van der Waals surface area contributed by atoms with Crippen molar-refractivity contribution >= 4 is 5.91 Å². The number of hydrogen-bond acceptors (Lipinski definition) is 3. The van der Waals surface area contributed by atoms with Gasteiger partial charge in [0.15, 0.2) is 0 Å². The van der Waals surface area contributed by atoms with Crippen molar-refractivity contribution in [2.24, 2.45) is 5.92 Å². The third kappa shape index (κ3) is 4.43. The molecule has 1 amide bonds. The molecule has 0 radical (unpaired) electrons. The lowest BCUT2D eigenvalue weighted by Gasteiger charge is -2.31. The number of carbonyl (C=O) groups is 1. The lowest BCUT2D eigenvalue weighted by atomic mass is 10.1. The van der Waals surface area contributed by atoms with Gasteiger partial charge in [-0.3, -0.25) is 9.69 Å². The van der Waals surface area contributed by atoms with Crippen molar-refractivity contribution in [2.45, 2.75) is 76.4 Å². The molecule has 4 heteroatoms. The summed E-state index contributed by atoms with van der Waals surface area (Å²) in [4.78, 5) is 15.0. The lowest BCUT2D eigenvalue weighted by Crippen LogP contribution is -2.51. The van der Waals surface area contributed by atoms with E-state index in [1.54, 1.807) is 0 Å². The zero-order valence-corrected chi connectivity index (χ0v) is 13.4. The van der Waals surface area contributed by atoms with Gasteiger partial charge in [0, 0.05) is 25.2 Å². The molecule has 0 aromatic carbocycles. The molecule has 3 aliphatic rings. The minimum absolute atomic E-state index is 0.0219. The fraction of sp³-hybridized carbons (Fsp3) is 0.941. The molecule has 21 heavy (non-hydrogen) atoms. The number of amides is 1. The van der Waals surface area contributed by atoms with E-state index in [1.165, 1.54) is 51.4 Å². The Labute approximate surface area is 129 Å². The van der Waals surface area contributed by atoms with Gasteiger partial charge in [-0.1, -0.05) is 12.8 Å². The van der Waals surface area contributed by atoms with Gasteiger partial charge < -0.3 is 10.6 Å². The predicted octanol–water partition coefficient (Wildman–Crippen LogP) is 1.90. The summed E-state index contributed by atoms with van der Waals surface area (Å²) < 4.78 is 0. The van der Waals surface area contributed by atoms with Crippen LogP contribution in [0, 0.1) is 5.92 Å². The summed E-state index contributed by atoms with van der Waals surface area (Å²) in [5, 5.41) is 6.85. The number of rotatable bonds is 7. The SMILES string of the molecule is CC(C(=O)NC1CCCC1)N(CC1CC1)CC1CCCN1. The monoisotopic (exact) mass is 293 g/mol. The van der Waals surface area contributed by atoms with Gasteiger partial charge in [-0.15, -0.1) is 0 Å². The molecular formula is C17H31N3O. The van der Waals surface area contributed by atoms with Crippen molar-refractivity contribution in [3.63, 3.8) is 0 Å². The van der Waals surface area contributed by atoms with Crippen LogP contribution in [0.3, 0.4) is 0 Å². The molecule has 2 atom stereocenters. The van der Waals surface area contributed by atoms with Crippen LogP contribution in [0.1, 0.15) is 58.3 Å². The molecule has 3 rings (SSSR count). The zero-order valence-electron chi connectivity index (χ0n) is 13.4.